The second-order valence-electron chi connectivity index (χ2n) is 6.44. The highest BCUT2D eigenvalue weighted by Gasteiger charge is 2.34. The molecule has 0 atom stereocenters. The van der Waals surface area contributed by atoms with Crippen molar-refractivity contribution in [2.45, 2.75) is 18.2 Å². The number of hydrogen-bond donors (Lipinski definition) is 0. The number of amides is 1. The van der Waals surface area contributed by atoms with Gasteiger partial charge in [-0.1, -0.05) is 37.3 Å². The Hall–Kier alpha value is -2.84. The Balaban J connectivity index is 1.97. The molecule has 6 nitrogen and oxygen atoms in total. The van der Waals surface area contributed by atoms with E-state index in [-0.39, 0.29) is 22.5 Å². The molecule has 156 valence electrons. The number of sulfonamides is 1. The average molecular weight is 443 g/mol. The van der Waals surface area contributed by atoms with Gasteiger partial charge >= 0.3 is 0 Å². The van der Waals surface area contributed by atoms with Crippen molar-refractivity contribution in [2.75, 3.05) is 13.7 Å². The first-order valence-corrected chi connectivity index (χ1v) is 11.5. The summed E-state index contributed by atoms with van der Waals surface area (Å²) in [6, 6.07) is 13.8. The summed E-state index contributed by atoms with van der Waals surface area (Å²) in [6.07, 6.45) is 4.03. The minimum atomic E-state index is -3.96. The van der Waals surface area contributed by atoms with E-state index in [1.807, 2.05) is 19.1 Å². The molecular weight excluding hydrogens is 420 g/mol. The van der Waals surface area contributed by atoms with Crippen LogP contribution in [0.15, 0.2) is 75.4 Å². The summed E-state index contributed by atoms with van der Waals surface area (Å²) < 4.78 is 34.7. The van der Waals surface area contributed by atoms with Crippen molar-refractivity contribution in [3.63, 3.8) is 0 Å². The lowest BCUT2D eigenvalue weighted by atomic mass is 10.2. The van der Waals surface area contributed by atoms with Crippen LogP contribution in [0.25, 0.3) is 6.08 Å². The maximum Gasteiger partial charge on any atom is 0.284 e. The molecule has 0 spiro atoms. The molecule has 0 aromatic heterocycles. The molecule has 0 bridgehead atoms. The lowest BCUT2D eigenvalue weighted by Gasteiger charge is -2.12. The first-order chi connectivity index (χ1) is 14.4. The van der Waals surface area contributed by atoms with E-state index < -0.39 is 10.0 Å². The van der Waals surface area contributed by atoms with Crippen LogP contribution in [0.4, 0.5) is 0 Å². The Bertz CT molecular complexity index is 1120. The van der Waals surface area contributed by atoms with E-state index in [0.717, 1.165) is 29.3 Å². The number of amidine groups is 1. The van der Waals surface area contributed by atoms with E-state index in [4.69, 9.17) is 4.74 Å². The Kier molecular flexibility index (Phi) is 6.79. The number of ether oxygens (including phenoxy) is 1. The Morgan fingerprint density at radius 2 is 1.93 bits per heavy atom. The Morgan fingerprint density at radius 3 is 2.57 bits per heavy atom. The number of thioether (sulfide) groups is 1. The number of nitrogens with zero attached hydrogens (tertiary/aromatic N) is 2. The Morgan fingerprint density at radius 1 is 1.20 bits per heavy atom. The number of rotatable bonds is 7. The van der Waals surface area contributed by atoms with Crippen molar-refractivity contribution in [3.05, 3.63) is 77.2 Å². The molecule has 0 saturated carbocycles. The van der Waals surface area contributed by atoms with Crippen molar-refractivity contribution >= 4 is 38.9 Å². The molecule has 30 heavy (non-hydrogen) atoms. The van der Waals surface area contributed by atoms with Crippen molar-refractivity contribution < 1.29 is 17.9 Å². The van der Waals surface area contributed by atoms with Gasteiger partial charge in [0, 0.05) is 6.54 Å². The number of benzene rings is 2. The van der Waals surface area contributed by atoms with Crippen molar-refractivity contribution in [2.24, 2.45) is 4.40 Å². The van der Waals surface area contributed by atoms with Crippen LogP contribution in [0.2, 0.25) is 0 Å². The molecule has 1 heterocycles. The summed E-state index contributed by atoms with van der Waals surface area (Å²) >= 11 is 1.02. The molecule has 0 radical (unpaired) electrons. The van der Waals surface area contributed by atoms with Gasteiger partial charge in [0.05, 0.1) is 16.9 Å². The summed E-state index contributed by atoms with van der Waals surface area (Å²) in [4.78, 5) is 14.6. The number of methoxy groups -OCH3 is 1. The van der Waals surface area contributed by atoms with E-state index in [0.29, 0.717) is 10.7 Å². The normalized spacial score (nSPS) is 17.0. The number of carbonyl (C=O) groups is 1. The summed E-state index contributed by atoms with van der Waals surface area (Å²) in [5.41, 5.74) is 1.80. The van der Waals surface area contributed by atoms with Gasteiger partial charge in [0.2, 0.25) is 0 Å². The van der Waals surface area contributed by atoms with Gasteiger partial charge in [0.15, 0.2) is 5.17 Å². The van der Waals surface area contributed by atoms with Crippen molar-refractivity contribution in [1.29, 1.82) is 0 Å². The highest BCUT2D eigenvalue weighted by molar-refractivity contribution is 8.19. The fourth-order valence-electron chi connectivity index (χ4n) is 2.80. The van der Waals surface area contributed by atoms with Gasteiger partial charge in [-0.2, -0.15) is 8.42 Å². The summed E-state index contributed by atoms with van der Waals surface area (Å²) in [5, 5.41) is 0.105. The molecule has 1 saturated heterocycles. The summed E-state index contributed by atoms with van der Waals surface area (Å²) in [7, 11) is -2.39. The molecular formula is C22H22N2O4S2. The number of aryl methyl sites for hydroxylation is 1. The van der Waals surface area contributed by atoms with E-state index in [1.54, 1.807) is 37.5 Å². The van der Waals surface area contributed by atoms with Crippen LogP contribution in [-0.4, -0.2) is 38.0 Å². The monoisotopic (exact) mass is 442 g/mol. The molecule has 2 aromatic carbocycles. The van der Waals surface area contributed by atoms with Crippen LogP contribution in [0.5, 0.6) is 5.75 Å². The summed E-state index contributed by atoms with van der Waals surface area (Å²) in [5.74, 6) is 0.340. The fraction of sp³-hybridized carbons (Fsp3) is 0.182. The standard InChI is InChI=1S/C22H22N2O4S2/c1-4-13-24-21(25)20(15-17-7-6-8-18(14-17)28-3)29-22(24)23-30(26,27)19-11-9-16(5-2)10-12-19/h4,6-12,14-15H,1,5,13H2,2-3H3. The molecule has 1 aliphatic heterocycles. The predicted octanol–water partition coefficient (Wildman–Crippen LogP) is 4.10. The van der Waals surface area contributed by atoms with E-state index in [1.165, 1.54) is 23.1 Å². The van der Waals surface area contributed by atoms with E-state index in [2.05, 4.69) is 11.0 Å². The zero-order chi connectivity index (χ0) is 21.7. The lowest BCUT2D eigenvalue weighted by molar-refractivity contribution is -0.121. The first-order valence-electron chi connectivity index (χ1n) is 9.28. The second kappa shape index (κ2) is 9.32. The Labute approximate surface area is 181 Å². The molecule has 8 heteroatoms. The number of carbonyl (C=O) groups excluding carboxylic acids is 1. The molecule has 3 rings (SSSR count). The SMILES string of the molecule is C=CCN1C(=O)C(=Cc2cccc(OC)c2)SC1=NS(=O)(=O)c1ccc(CC)cc1. The van der Waals surface area contributed by atoms with E-state index >= 15 is 0 Å². The predicted molar refractivity (Wildman–Crippen MR) is 121 cm³/mol. The maximum atomic E-state index is 12.9. The second-order valence-corrected chi connectivity index (χ2v) is 9.05. The lowest BCUT2D eigenvalue weighted by Crippen LogP contribution is -2.29. The van der Waals surface area contributed by atoms with Gasteiger partial charge in [-0.15, -0.1) is 11.0 Å². The largest absolute Gasteiger partial charge is 0.497 e. The van der Waals surface area contributed by atoms with Crippen LogP contribution >= 0.6 is 11.8 Å². The van der Waals surface area contributed by atoms with Gasteiger partial charge in [-0.3, -0.25) is 9.69 Å². The van der Waals surface area contributed by atoms with Crippen LogP contribution < -0.4 is 4.74 Å². The van der Waals surface area contributed by atoms with E-state index in [9.17, 15) is 13.2 Å². The van der Waals surface area contributed by atoms with Gasteiger partial charge in [-0.25, -0.2) is 0 Å². The molecule has 1 amide bonds. The maximum absolute atomic E-state index is 12.9. The minimum absolute atomic E-state index is 0.0871. The topological polar surface area (TPSA) is 76.0 Å². The minimum Gasteiger partial charge on any atom is -0.497 e. The number of hydrogen-bond acceptors (Lipinski definition) is 5. The van der Waals surface area contributed by atoms with Gasteiger partial charge < -0.3 is 4.74 Å². The molecule has 0 unspecified atom stereocenters. The highest BCUT2D eigenvalue weighted by Crippen LogP contribution is 2.34. The highest BCUT2D eigenvalue weighted by atomic mass is 32.2. The third-order valence-electron chi connectivity index (χ3n) is 4.42. The molecule has 0 N–H and O–H groups in total. The van der Waals surface area contributed by atoms with Gasteiger partial charge in [0.1, 0.15) is 5.75 Å². The molecule has 1 fully saturated rings. The van der Waals surface area contributed by atoms with Crippen molar-refractivity contribution in [1.82, 2.24) is 4.90 Å². The van der Waals surface area contributed by atoms with Gasteiger partial charge in [-0.05, 0) is 59.7 Å². The quantitative estimate of drug-likeness (QED) is 0.477. The third-order valence-corrected chi connectivity index (χ3v) is 6.82. The van der Waals surface area contributed by atoms with Crippen LogP contribution in [0, 0.1) is 0 Å². The average Bonchev–Trinajstić information content (AvgIpc) is 3.02. The molecule has 2 aromatic rings. The first kappa shape index (κ1) is 21.9. The van der Waals surface area contributed by atoms with Crippen LogP contribution in [0.3, 0.4) is 0 Å². The van der Waals surface area contributed by atoms with Crippen molar-refractivity contribution in [3.8, 4) is 5.75 Å². The smallest absolute Gasteiger partial charge is 0.284 e. The van der Waals surface area contributed by atoms with Gasteiger partial charge in [0.25, 0.3) is 15.9 Å². The third kappa shape index (κ3) is 4.83. The fourth-order valence-corrected chi connectivity index (χ4v) is 4.99. The van der Waals surface area contributed by atoms with Crippen LogP contribution in [-0.2, 0) is 21.2 Å². The van der Waals surface area contributed by atoms with Crippen LogP contribution in [0.1, 0.15) is 18.1 Å². The molecule has 1 aliphatic rings. The zero-order valence-corrected chi connectivity index (χ0v) is 18.4. The zero-order valence-electron chi connectivity index (χ0n) is 16.7. The summed E-state index contributed by atoms with van der Waals surface area (Å²) in [6.45, 7) is 5.81. The molecule has 0 aliphatic carbocycles.